The first-order valence-corrected chi connectivity index (χ1v) is 8.10. The van der Waals surface area contributed by atoms with Crippen molar-refractivity contribution >= 4 is 11.9 Å². The normalized spacial score (nSPS) is 12.3. The molecule has 3 rings (SSSR count). The van der Waals surface area contributed by atoms with Crippen molar-refractivity contribution in [3.8, 4) is 0 Å². The topological polar surface area (TPSA) is 114 Å². The van der Waals surface area contributed by atoms with E-state index < -0.39 is 6.04 Å². The van der Waals surface area contributed by atoms with Gasteiger partial charge in [-0.1, -0.05) is 44.2 Å². The van der Waals surface area contributed by atoms with Gasteiger partial charge >= 0.3 is 0 Å². The zero-order chi connectivity index (χ0) is 17.6. The quantitative estimate of drug-likeness (QED) is 0.672. The summed E-state index contributed by atoms with van der Waals surface area (Å²) in [6.07, 6.45) is 2.65. The molecule has 25 heavy (non-hydrogen) atoms. The Hall–Kier alpha value is -3.10. The van der Waals surface area contributed by atoms with Gasteiger partial charge < -0.3 is 0 Å². The van der Waals surface area contributed by atoms with E-state index in [1.165, 1.54) is 11.0 Å². The Morgan fingerprint density at radius 3 is 2.72 bits per heavy atom. The second-order valence-electron chi connectivity index (χ2n) is 6.19. The molecule has 0 saturated heterocycles. The maximum absolute atomic E-state index is 12.7. The number of rotatable bonds is 7. The molecule has 0 bridgehead atoms. The number of aromatic nitrogens is 7. The highest BCUT2D eigenvalue weighted by atomic mass is 16.2. The molecule has 0 aliphatic carbocycles. The van der Waals surface area contributed by atoms with E-state index in [0.717, 1.165) is 17.8 Å². The summed E-state index contributed by atoms with van der Waals surface area (Å²) in [7, 11) is 0. The summed E-state index contributed by atoms with van der Waals surface area (Å²) >= 11 is 0. The van der Waals surface area contributed by atoms with Crippen LogP contribution in [0.25, 0.3) is 0 Å². The Bertz CT molecular complexity index is 797. The number of nitrogens with zero attached hydrogens (tertiary/aromatic N) is 6. The van der Waals surface area contributed by atoms with E-state index in [1.807, 2.05) is 30.3 Å². The molecule has 2 N–H and O–H groups in total. The summed E-state index contributed by atoms with van der Waals surface area (Å²) < 4.78 is 1.43. The highest BCUT2D eigenvalue weighted by molar-refractivity contribution is 5.92. The maximum atomic E-state index is 12.7. The molecule has 9 heteroatoms. The van der Waals surface area contributed by atoms with E-state index in [0.29, 0.717) is 12.3 Å². The molecule has 1 atom stereocenters. The molecule has 1 aromatic carbocycles. The van der Waals surface area contributed by atoms with E-state index in [2.05, 4.69) is 49.9 Å². The maximum Gasteiger partial charge on any atom is 0.252 e. The minimum absolute atomic E-state index is 0.256. The second kappa shape index (κ2) is 7.65. The minimum Gasteiger partial charge on any atom is -0.291 e. The van der Waals surface area contributed by atoms with Crippen LogP contribution in [0, 0.1) is 5.92 Å². The molecule has 0 spiro atoms. The number of nitrogens with one attached hydrogen (secondary N) is 2. The summed E-state index contributed by atoms with van der Waals surface area (Å²) in [6, 6.07) is 9.11. The van der Waals surface area contributed by atoms with Crippen molar-refractivity contribution in [3.05, 3.63) is 48.0 Å². The largest absolute Gasteiger partial charge is 0.291 e. The number of amides is 1. The third kappa shape index (κ3) is 4.46. The van der Waals surface area contributed by atoms with Gasteiger partial charge in [0.2, 0.25) is 5.95 Å². The number of anilines is 1. The fourth-order valence-corrected chi connectivity index (χ4v) is 2.48. The Kier molecular flexibility index (Phi) is 5.12. The van der Waals surface area contributed by atoms with Gasteiger partial charge in [-0.05, 0) is 21.9 Å². The van der Waals surface area contributed by atoms with Gasteiger partial charge in [0.15, 0.2) is 0 Å². The number of carbonyl (C=O) groups excluding carboxylic acids is 1. The van der Waals surface area contributed by atoms with E-state index in [-0.39, 0.29) is 11.9 Å². The molecule has 0 radical (unpaired) electrons. The number of H-pyrrole nitrogens is 1. The van der Waals surface area contributed by atoms with Crippen LogP contribution >= 0.6 is 0 Å². The molecule has 130 valence electrons. The average Bonchev–Trinajstić information content (AvgIpc) is 3.25. The standard InChI is InChI=1S/C16H20N8O/c1-11(2)8-14-18-16(21-20-14)19-15(25)13(24-10-17-22-23-24)9-12-6-4-3-5-7-12/h3-7,10-11,13H,8-9H2,1-2H3,(H2,18,19,20,21,25)/t13-/m0/s1. The number of benzene rings is 1. The molecule has 3 aromatic rings. The molecule has 2 aromatic heterocycles. The van der Waals surface area contributed by atoms with Gasteiger partial charge in [0.1, 0.15) is 18.2 Å². The van der Waals surface area contributed by atoms with Crippen LogP contribution in [0.2, 0.25) is 0 Å². The van der Waals surface area contributed by atoms with E-state index in [1.54, 1.807) is 0 Å². The Labute approximate surface area is 144 Å². The average molecular weight is 340 g/mol. The Balaban J connectivity index is 1.74. The van der Waals surface area contributed by atoms with Crippen LogP contribution in [0.5, 0.6) is 0 Å². The van der Waals surface area contributed by atoms with E-state index >= 15 is 0 Å². The lowest BCUT2D eigenvalue weighted by molar-refractivity contribution is -0.119. The van der Waals surface area contributed by atoms with Crippen LogP contribution in [-0.4, -0.2) is 41.3 Å². The van der Waals surface area contributed by atoms with Crippen molar-refractivity contribution in [1.82, 2.24) is 35.4 Å². The molecular formula is C16H20N8O. The van der Waals surface area contributed by atoms with Gasteiger partial charge in [0, 0.05) is 12.8 Å². The lowest BCUT2D eigenvalue weighted by atomic mass is 10.1. The van der Waals surface area contributed by atoms with Crippen molar-refractivity contribution in [2.45, 2.75) is 32.7 Å². The van der Waals surface area contributed by atoms with Gasteiger partial charge in [0.05, 0.1) is 0 Å². The SMILES string of the molecule is CC(C)Cc1nc(NC(=O)[C@H](Cc2ccccc2)n2cnnn2)n[nH]1. The third-order valence-corrected chi connectivity index (χ3v) is 3.63. The first kappa shape index (κ1) is 16.7. The minimum atomic E-state index is -0.593. The van der Waals surface area contributed by atoms with Crippen molar-refractivity contribution in [2.24, 2.45) is 5.92 Å². The van der Waals surface area contributed by atoms with Crippen LogP contribution < -0.4 is 5.32 Å². The first-order valence-electron chi connectivity index (χ1n) is 8.10. The number of carbonyl (C=O) groups is 1. The number of tetrazole rings is 1. The molecular weight excluding hydrogens is 320 g/mol. The summed E-state index contributed by atoms with van der Waals surface area (Å²) in [5.74, 6) is 1.17. The Morgan fingerprint density at radius 2 is 2.04 bits per heavy atom. The van der Waals surface area contributed by atoms with Crippen LogP contribution in [0.3, 0.4) is 0 Å². The number of hydrogen-bond donors (Lipinski definition) is 2. The number of aromatic amines is 1. The smallest absolute Gasteiger partial charge is 0.252 e. The molecule has 9 nitrogen and oxygen atoms in total. The van der Waals surface area contributed by atoms with E-state index in [4.69, 9.17) is 0 Å². The molecule has 0 aliphatic rings. The van der Waals surface area contributed by atoms with Gasteiger partial charge in [-0.25, -0.2) is 4.68 Å². The molecule has 2 heterocycles. The first-order chi connectivity index (χ1) is 12.1. The molecule has 0 fully saturated rings. The lowest BCUT2D eigenvalue weighted by Crippen LogP contribution is -2.28. The van der Waals surface area contributed by atoms with Gasteiger partial charge in [-0.3, -0.25) is 15.2 Å². The summed E-state index contributed by atoms with van der Waals surface area (Å²) in [4.78, 5) is 17.0. The third-order valence-electron chi connectivity index (χ3n) is 3.63. The fourth-order valence-electron chi connectivity index (χ4n) is 2.48. The molecule has 0 saturated carbocycles. The van der Waals surface area contributed by atoms with Gasteiger partial charge in [-0.2, -0.15) is 4.98 Å². The monoisotopic (exact) mass is 340 g/mol. The highest BCUT2D eigenvalue weighted by Crippen LogP contribution is 2.15. The summed E-state index contributed by atoms with van der Waals surface area (Å²) in [6.45, 7) is 4.18. The van der Waals surface area contributed by atoms with Crippen LogP contribution in [0.4, 0.5) is 5.95 Å². The molecule has 0 unspecified atom stereocenters. The molecule has 1 amide bonds. The summed E-state index contributed by atoms with van der Waals surface area (Å²) in [5.41, 5.74) is 1.01. The predicted octanol–water partition coefficient (Wildman–Crippen LogP) is 1.41. The predicted molar refractivity (Wildman–Crippen MR) is 90.6 cm³/mol. The van der Waals surface area contributed by atoms with Crippen LogP contribution in [0.15, 0.2) is 36.7 Å². The Morgan fingerprint density at radius 1 is 1.24 bits per heavy atom. The van der Waals surface area contributed by atoms with Gasteiger partial charge in [-0.15, -0.1) is 10.2 Å². The van der Waals surface area contributed by atoms with Crippen molar-refractivity contribution in [3.63, 3.8) is 0 Å². The highest BCUT2D eigenvalue weighted by Gasteiger charge is 2.23. The van der Waals surface area contributed by atoms with E-state index in [9.17, 15) is 4.79 Å². The van der Waals surface area contributed by atoms with Gasteiger partial charge in [0.25, 0.3) is 5.91 Å². The fraction of sp³-hybridized carbons (Fsp3) is 0.375. The lowest BCUT2D eigenvalue weighted by Gasteiger charge is -2.15. The van der Waals surface area contributed by atoms with Crippen molar-refractivity contribution in [1.29, 1.82) is 0 Å². The molecule has 0 aliphatic heterocycles. The number of hydrogen-bond acceptors (Lipinski definition) is 6. The van der Waals surface area contributed by atoms with Crippen molar-refractivity contribution < 1.29 is 4.79 Å². The van der Waals surface area contributed by atoms with Crippen molar-refractivity contribution in [2.75, 3.05) is 5.32 Å². The van der Waals surface area contributed by atoms with Crippen LogP contribution in [-0.2, 0) is 17.6 Å². The zero-order valence-corrected chi connectivity index (χ0v) is 14.1. The van der Waals surface area contributed by atoms with Crippen LogP contribution in [0.1, 0.15) is 31.3 Å². The second-order valence-corrected chi connectivity index (χ2v) is 6.19. The zero-order valence-electron chi connectivity index (χ0n) is 14.1. The summed E-state index contributed by atoms with van der Waals surface area (Å²) in [5, 5.41) is 20.7.